The molecule has 2 nitrogen and oxygen atoms in total. The molecule has 21 heavy (non-hydrogen) atoms. The summed E-state index contributed by atoms with van der Waals surface area (Å²) in [6.45, 7) is 3.01. The second kappa shape index (κ2) is 5.86. The van der Waals surface area contributed by atoms with Gasteiger partial charge in [0.25, 0.3) is 0 Å². The number of phenols is 1. The summed E-state index contributed by atoms with van der Waals surface area (Å²) < 4.78 is 14.1. The van der Waals surface area contributed by atoms with Crippen LogP contribution in [0.2, 0.25) is 0 Å². The van der Waals surface area contributed by atoms with E-state index in [-0.39, 0.29) is 17.6 Å². The highest BCUT2D eigenvalue weighted by atomic mass is 19.1. The van der Waals surface area contributed by atoms with Crippen LogP contribution < -0.4 is 0 Å². The van der Waals surface area contributed by atoms with Gasteiger partial charge in [0.05, 0.1) is 0 Å². The molecule has 1 fully saturated rings. The molecule has 0 aliphatic carbocycles. The second-order valence-electron chi connectivity index (χ2n) is 5.69. The molecule has 110 valence electrons. The highest BCUT2D eigenvalue weighted by Crippen LogP contribution is 2.39. The molecule has 1 aliphatic rings. The zero-order valence-corrected chi connectivity index (χ0v) is 12.2. The molecule has 2 unspecified atom stereocenters. The number of halogens is 1. The lowest BCUT2D eigenvalue weighted by atomic mass is 10.0. The van der Waals surface area contributed by atoms with Crippen LogP contribution in [0.3, 0.4) is 0 Å². The molecule has 0 bridgehead atoms. The van der Waals surface area contributed by atoms with Gasteiger partial charge in [-0.15, -0.1) is 0 Å². The summed E-state index contributed by atoms with van der Waals surface area (Å²) in [5, 5.41) is 9.36. The van der Waals surface area contributed by atoms with E-state index in [0.29, 0.717) is 11.6 Å². The van der Waals surface area contributed by atoms with Crippen LogP contribution in [0.25, 0.3) is 0 Å². The van der Waals surface area contributed by atoms with Gasteiger partial charge in [-0.25, -0.2) is 4.39 Å². The third-order valence-corrected chi connectivity index (χ3v) is 4.41. The molecule has 0 aromatic heterocycles. The molecule has 1 heterocycles. The molecule has 2 aromatic carbocycles. The van der Waals surface area contributed by atoms with Crippen molar-refractivity contribution in [1.29, 1.82) is 0 Å². The van der Waals surface area contributed by atoms with Crippen LogP contribution in [-0.2, 0) is 0 Å². The van der Waals surface area contributed by atoms with Crippen molar-refractivity contribution < 1.29 is 9.50 Å². The van der Waals surface area contributed by atoms with E-state index in [1.165, 1.54) is 11.6 Å². The molecule has 1 saturated heterocycles. The van der Waals surface area contributed by atoms with Crippen molar-refractivity contribution in [3.8, 4) is 5.75 Å². The van der Waals surface area contributed by atoms with Crippen molar-refractivity contribution >= 4 is 0 Å². The Kier molecular flexibility index (Phi) is 3.93. The maximum Gasteiger partial charge on any atom is 0.131 e. The number of rotatable bonds is 3. The van der Waals surface area contributed by atoms with Crippen LogP contribution in [0.15, 0.2) is 48.5 Å². The Balaban J connectivity index is 1.88. The summed E-state index contributed by atoms with van der Waals surface area (Å²) in [5.74, 6) is -0.356. The highest BCUT2D eigenvalue weighted by Gasteiger charge is 2.31. The van der Waals surface area contributed by atoms with E-state index in [2.05, 4.69) is 29.2 Å². The Morgan fingerprint density at radius 2 is 1.95 bits per heavy atom. The van der Waals surface area contributed by atoms with Gasteiger partial charge in [-0.05, 0) is 37.9 Å². The number of aromatic hydroxyl groups is 1. The summed E-state index contributed by atoms with van der Waals surface area (Å²) in [7, 11) is 0. The first-order chi connectivity index (χ1) is 10.2. The first-order valence-corrected chi connectivity index (χ1v) is 7.46. The SMILES string of the molecule is CC(c1ccc(O)cc1F)N1CCCC1c1ccccc1. The predicted molar refractivity (Wildman–Crippen MR) is 81.6 cm³/mol. The molecule has 0 amide bonds. The molecular formula is C18H20FNO. The fraction of sp³-hybridized carbons (Fsp3) is 0.333. The minimum Gasteiger partial charge on any atom is -0.508 e. The van der Waals surface area contributed by atoms with E-state index < -0.39 is 0 Å². The van der Waals surface area contributed by atoms with Gasteiger partial charge in [0.1, 0.15) is 11.6 Å². The summed E-state index contributed by atoms with van der Waals surface area (Å²) >= 11 is 0. The number of likely N-dealkylation sites (tertiary alicyclic amines) is 1. The maximum absolute atomic E-state index is 14.1. The zero-order valence-electron chi connectivity index (χ0n) is 12.2. The number of phenolic OH excluding ortho intramolecular Hbond substituents is 1. The third-order valence-electron chi connectivity index (χ3n) is 4.41. The zero-order chi connectivity index (χ0) is 14.8. The van der Waals surface area contributed by atoms with Crippen molar-refractivity contribution in [3.63, 3.8) is 0 Å². The molecular weight excluding hydrogens is 265 g/mol. The van der Waals surface area contributed by atoms with Crippen molar-refractivity contribution in [1.82, 2.24) is 4.90 Å². The topological polar surface area (TPSA) is 23.5 Å². The van der Waals surface area contributed by atoms with Crippen molar-refractivity contribution in [2.24, 2.45) is 0 Å². The average molecular weight is 285 g/mol. The Morgan fingerprint density at radius 3 is 2.67 bits per heavy atom. The van der Waals surface area contributed by atoms with E-state index in [9.17, 15) is 9.50 Å². The van der Waals surface area contributed by atoms with Gasteiger partial charge < -0.3 is 5.11 Å². The lowest BCUT2D eigenvalue weighted by molar-refractivity contribution is 0.190. The number of nitrogens with zero attached hydrogens (tertiary/aromatic N) is 1. The van der Waals surface area contributed by atoms with Crippen molar-refractivity contribution in [2.75, 3.05) is 6.54 Å². The maximum atomic E-state index is 14.1. The van der Waals surface area contributed by atoms with Crippen LogP contribution in [-0.4, -0.2) is 16.6 Å². The minimum absolute atomic E-state index is 0.00157. The fourth-order valence-electron chi connectivity index (χ4n) is 3.32. The summed E-state index contributed by atoms with van der Waals surface area (Å²) in [6.07, 6.45) is 2.23. The normalized spacial score (nSPS) is 20.6. The number of hydrogen-bond acceptors (Lipinski definition) is 2. The Bertz CT molecular complexity index is 614. The van der Waals surface area contributed by atoms with Gasteiger partial charge in [0.15, 0.2) is 0 Å². The standard InChI is InChI=1S/C18H20FNO/c1-13(16-10-9-15(21)12-17(16)19)20-11-5-8-18(20)14-6-3-2-4-7-14/h2-4,6-7,9-10,12-13,18,21H,5,8,11H2,1H3. The van der Waals surface area contributed by atoms with E-state index in [4.69, 9.17) is 0 Å². The second-order valence-corrected chi connectivity index (χ2v) is 5.69. The minimum atomic E-state index is -0.332. The van der Waals surface area contributed by atoms with Crippen LogP contribution in [0, 0.1) is 5.82 Å². The van der Waals surface area contributed by atoms with Crippen LogP contribution in [0.1, 0.15) is 43.0 Å². The van der Waals surface area contributed by atoms with Crippen LogP contribution in [0.4, 0.5) is 4.39 Å². The van der Waals surface area contributed by atoms with Gasteiger partial charge in [-0.1, -0.05) is 36.4 Å². The molecule has 0 spiro atoms. The van der Waals surface area contributed by atoms with Gasteiger partial charge in [0, 0.05) is 23.7 Å². The largest absolute Gasteiger partial charge is 0.508 e. The average Bonchev–Trinajstić information content (AvgIpc) is 2.97. The smallest absolute Gasteiger partial charge is 0.131 e. The summed E-state index contributed by atoms with van der Waals surface area (Å²) in [5.41, 5.74) is 1.94. The Morgan fingerprint density at radius 1 is 1.19 bits per heavy atom. The van der Waals surface area contributed by atoms with Gasteiger partial charge in [0.2, 0.25) is 0 Å². The van der Waals surface area contributed by atoms with E-state index in [0.717, 1.165) is 19.4 Å². The lowest BCUT2D eigenvalue weighted by Gasteiger charge is -2.31. The van der Waals surface area contributed by atoms with Gasteiger partial charge >= 0.3 is 0 Å². The summed E-state index contributed by atoms with van der Waals surface area (Å²) in [4.78, 5) is 2.35. The number of hydrogen-bond donors (Lipinski definition) is 1. The van der Waals surface area contributed by atoms with Crippen molar-refractivity contribution in [2.45, 2.75) is 31.8 Å². The first-order valence-electron chi connectivity index (χ1n) is 7.46. The predicted octanol–water partition coefficient (Wildman–Crippen LogP) is 4.43. The molecule has 3 rings (SSSR count). The van der Waals surface area contributed by atoms with E-state index in [1.54, 1.807) is 12.1 Å². The lowest BCUT2D eigenvalue weighted by Crippen LogP contribution is -2.27. The monoisotopic (exact) mass is 285 g/mol. The molecule has 0 saturated carbocycles. The molecule has 3 heteroatoms. The molecule has 2 atom stereocenters. The fourth-order valence-corrected chi connectivity index (χ4v) is 3.32. The third kappa shape index (κ3) is 2.79. The van der Waals surface area contributed by atoms with E-state index in [1.807, 2.05) is 13.0 Å². The quantitative estimate of drug-likeness (QED) is 0.901. The molecule has 2 aromatic rings. The van der Waals surface area contributed by atoms with E-state index >= 15 is 0 Å². The van der Waals surface area contributed by atoms with Gasteiger partial charge in [-0.2, -0.15) is 0 Å². The van der Waals surface area contributed by atoms with Crippen LogP contribution in [0.5, 0.6) is 5.75 Å². The summed E-state index contributed by atoms with van der Waals surface area (Å²) in [6, 6.07) is 15.2. The first kappa shape index (κ1) is 14.1. The number of benzene rings is 2. The highest BCUT2D eigenvalue weighted by molar-refractivity contribution is 5.30. The molecule has 1 aliphatic heterocycles. The van der Waals surface area contributed by atoms with Crippen molar-refractivity contribution in [3.05, 3.63) is 65.5 Å². The Labute approximate surface area is 124 Å². The molecule has 1 N–H and O–H groups in total. The van der Waals surface area contributed by atoms with Crippen LogP contribution >= 0.6 is 0 Å². The molecule has 0 radical (unpaired) electrons. The Hall–Kier alpha value is -1.87. The van der Waals surface area contributed by atoms with Gasteiger partial charge in [-0.3, -0.25) is 4.90 Å².